The average Bonchev–Trinajstić information content (AvgIpc) is 3.04. The molecule has 0 aliphatic carbocycles. The number of nitrogens with zero attached hydrogens (tertiary/aromatic N) is 4. The monoisotopic (exact) mass is 381 g/mol. The fourth-order valence-electron chi connectivity index (χ4n) is 2.13. The third-order valence-electron chi connectivity index (χ3n) is 3.47. The lowest BCUT2D eigenvalue weighted by Gasteiger charge is -2.08. The zero-order chi connectivity index (χ0) is 18.8. The predicted octanol–water partition coefficient (Wildman–Crippen LogP) is 1.67. The topological polar surface area (TPSA) is 119 Å². The molecule has 1 amide bonds. The van der Waals surface area contributed by atoms with Crippen molar-refractivity contribution < 1.29 is 19.4 Å². The number of carboxylic acid groups (broad SMARTS) is 1. The van der Waals surface area contributed by atoms with Crippen molar-refractivity contribution in [1.82, 2.24) is 25.5 Å². The van der Waals surface area contributed by atoms with Gasteiger partial charge in [-0.2, -0.15) is 0 Å². The minimum Gasteiger partial charge on any atom is -0.486 e. The van der Waals surface area contributed by atoms with Gasteiger partial charge in [0.1, 0.15) is 18.9 Å². The van der Waals surface area contributed by atoms with Crippen LogP contribution in [0.3, 0.4) is 0 Å². The number of hydrogen-bond donors (Lipinski definition) is 2. The first kappa shape index (κ1) is 19.6. The second-order valence-electron chi connectivity index (χ2n) is 5.55. The van der Waals surface area contributed by atoms with Crippen LogP contribution in [-0.2, 0) is 22.7 Å². The molecule has 10 heteroatoms. The molecule has 0 spiro atoms. The summed E-state index contributed by atoms with van der Waals surface area (Å²) in [5.41, 5.74) is 0. The number of halogens is 1. The van der Waals surface area contributed by atoms with E-state index in [0.29, 0.717) is 29.6 Å². The molecule has 0 unspecified atom stereocenters. The highest BCUT2D eigenvalue weighted by Gasteiger charge is 2.11. The number of ether oxygens (including phenoxy) is 1. The van der Waals surface area contributed by atoms with E-state index in [2.05, 4.69) is 20.8 Å². The van der Waals surface area contributed by atoms with Gasteiger partial charge in [-0.05, 0) is 47.5 Å². The van der Waals surface area contributed by atoms with Crippen LogP contribution in [0.2, 0.25) is 5.02 Å². The van der Waals surface area contributed by atoms with Gasteiger partial charge in [0.2, 0.25) is 5.91 Å². The number of aliphatic carboxylic acids is 1. The van der Waals surface area contributed by atoms with Gasteiger partial charge in [-0.25, -0.2) is 4.68 Å². The molecule has 0 aliphatic rings. The third-order valence-corrected chi connectivity index (χ3v) is 3.72. The number of aromatic nitrogens is 4. The highest BCUT2D eigenvalue weighted by molar-refractivity contribution is 6.30. The normalized spacial score (nSPS) is 10.5. The molecule has 9 nitrogen and oxygen atoms in total. The van der Waals surface area contributed by atoms with Crippen LogP contribution >= 0.6 is 11.6 Å². The van der Waals surface area contributed by atoms with Gasteiger partial charge in [-0.3, -0.25) is 9.59 Å². The van der Waals surface area contributed by atoms with Gasteiger partial charge in [0.25, 0.3) is 0 Å². The van der Waals surface area contributed by atoms with Gasteiger partial charge in [-0.1, -0.05) is 18.0 Å². The molecule has 0 saturated carbocycles. The summed E-state index contributed by atoms with van der Waals surface area (Å²) in [6.45, 7) is 0.593. The fraction of sp³-hybridized carbons (Fsp3) is 0.438. The summed E-state index contributed by atoms with van der Waals surface area (Å²) in [5, 5.41) is 23.1. The van der Waals surface area contributed by atoms with E-state index in [1.54, 1.807) is 24.3 Å². The van der Waals surface area contributed by atoms with Gasteiger partial charge >= 0.3 is 5.97 Å². The Hall–Kier alpha value is -2.68. The van der Waals surface area contributed by atoms with Crippen LogP contribution in [-0.4, -0.2) is 43.7 Å². The molecule has 0 aliphatic heterocycles. The number of carbonyl (C=O) groups is 2. The van der Waals surface area contributed by atoms with Crippen LogP contribution in [0, 0.1) is 0 Å². The van der Waals surface area contributed by atoms with Crippen LogP contribution in [0.5, 0.6) is 5.75 Å². The lowest BCUT2D eigenvalue weighted by molar-refractivity contribution is -0.137. The van der Waals surface area contributed by atoms with Crippen molar-refractivity contribution in [2.45, 2.75) is 38.8 Å². The van der Waals surface area contributed by atoms with Gasteiger partial charge in [0.15, 0.2) is 5.82 Å². The highest BCUT2D eigenvalue weighted by Crippen LogP contribution is 2.16. The Morgan fingerprint density at radius 1 is 1.19 bits per heavy atom. The molecule has 1 aromatic heterocycles. The summed E-state index contributed by atoms with van der Waals surface area (Å²) in [6.07, 6.45) is 2.22. The zero-order valence-corrected chi connectivity index (χ0v) is 14.9. The SMILES string of the molecule is O=C(O)CCCCCNC(=O)Cn1nnnc1COc1ccc(Cl)cc1. The van der Waals surface area contributed by atoms with Crippen LogP contribution in [0.25, 0.3) is 0 Å². The molecular formula is C16H20ClN5O4. The molecule has 26 heavy (non-hydrogen) atoms. The minimum absolute atomic E-state index is 0.0125. The lowest BCUT2D eigenvalue weighted by Crippen LogP contribution is -2.29. The first-order valence-corrected chi connectivity index (χ1v) is 8.54. The first-order chi connectivity index (χ1) is 12.5. The van der Waals surface area contributed by atoms with Crippen LogP contribution in [0.15, 0.2) is 24.3 Å². The van der Waals surface area contributed by atoms with Crippen LogP contribution in [0.1, 0.15) is 31.5 Å². The number of hydrogen-bond acceptors (Lipinski definition) is 6. The largest absolute Gasteiger partial charge is 0.486 e. The molecule has 0 fully saturated rings. The van der Waals surface area contributed by atoms with Gasteiger partial charge in [0.05, 0.1) is 0 Å². The smallest absolute Gasteiger partial charge is 0.303 e. The average molecular weight is 382 g/mol. The van der Waals surface area contributed by atoms with Crippen molar-refractivity contribution in [3.8, 4) is 5.75 Å². The Labute approximate surface area is 155 Å². The molecule has 2 aromatic rings. The maximum atomic E-state index is 11.9. The summed E-state index contributed by atoms with van der Waals surface area (Å²) in [5.74, 6) is 0.0238. The molecule has 0 radical (unpaired) electrons. The molecule has 1 aromatic carbocycles. The Bertz CT molecular complexity index is 720. The minimum atomic E-state index is -0.805. The maximum absolute atomic E-state index is 11.9. The number of rotatable bonds is 11. The van der Waals surface area contributed by atoms with Gasteiger partial charge < -0.3 is 15.2 Å². The third kappa shape index (κ3) is 7.06. The van der Waals surface area contributed by atoms with Crippen molar-refractivity contribution >= 4 is 23.5 Å². The molecule has 0 atom stereocenters. The van der Waals surface area contributed by atoms with E-state index in [1.807, 2.05) is 0 Å². The second kappa shape index (κ2) is 10.3. The number of amides is 1. The van der Waals surface area contributed by atoms with E-state index in [9.17, 15) is 9.59 Å². The number of benzene rings is 1. The quantitative estimate of drug-likeness (QED) is 0.568. The van der Waals surface area contributed by atoms with E-state index >= 15 is 0 Å². The number of carbonyl (C=O) groups excluding carboxylic acids is 1. The Kier molecular flexibility index (Phi) is 7.81. The van der Waals surface area contributed by atoms with Crippen molar-refractivity contribution in [2.75, 3.05) is 6.54 Å². The van der Waals surface area contributed by atoms with Crippen molar-refractivity contribution in [1.29, 1.82) is 0 Å². The molecule has 0 saturated heterocycles. The Morgan fingerprint density at radius 3 is 2.69 bits per heavy atom. The zero-order valence-electron chi connectivity index (χ0n) is 14.1. The fourth-order valence-corrected chi connectivity index (χ4v) is 2.25. The summed E-state index contributed by atoms with van der Waals surface area (Å²) in [4.78, 5) is 22.3. The maximum Gasteiger partial charge on any atom is 0.303 e. The molecule has 140 valence electrons. The first-order valence-electron chi connectivity index (χ1n) is 8.16. The van der Waals surface area contributed by atoms with Crippen LogP contribution < -0.4 is 10.1 Å². The summed E-state index contributed by atoms with van der Waals surface area (Å²) < 4.78 is 6.94. The molecule has 2 rings (SSSR count). The van der Waals surface area contributed by atoms with Gasteiger partial charge in [0, 0.05) is 18.0 Å². The van der Waals surface area contributed by atoms with E-state index < -0.39 is 5.97 Å². The van der Waals surface area contributed by atoms with Crippen LogP contribution in [0.4, 0.5) is 0 Å². The second-order valence-corrected chi connectivity index (χ2v) is 5.99. The summed E-state index contributed by atoms with van der Waals surface area (Å²) in [7, 11) is 0. The standard InChI is InChI=1S/C16H20ClN5O4/c17-12-5-7-13(8-6-12)26-11-14-19-20-21-22(14)10-15(23)18-9-3-1-2-4-16(24)25/h5-8H,1-4,9-11H2,(H,18,23)(H,24,25). The van der Waals surface area contributed by atoms with Crippen molar-refractivity contribution in [3.63, 3.8) is 0 Å². The molecular weight excluding hydrogens is 362 g/mol. The van der Waals surface area contributed by atoms with E-state index in [0.717, 1.165) is 12.8 Å². The van der Waals surface area contributed by atoms with Gasteiger partial charge in [-0.15, -0.1) is 5.10 Å². The molecule has 0 bridgehead atoms. The van der Waals surface area contributed by atoms with Crippen molar-refractivity contribution in [2.24, 2.45) is 0 Å². The Morgan fingerprint density at radius 2 is 1.96 bits per heavy atom. The molecule has 2 N–H and O–H groups in total. The number of carboxylic acids is 1. The van der Waals surface area contributed by atoms with Crippen molar-refractivity contribution in [3.05, 3.63) is 35.1 Å². The summed E-state index contributed by atoms with van der Waals surface area (Å²) in [6, 6.07) is 6.88. The predicted molar refractivity (Wildman–Crippen MR) is 92.7 cm³/mol. The highest BCUT2D eigenvalue weighted by atomic mass is 35.5. The van der Waals surface area contributed by atoms with E-state index in [4.69, 9.17) is 21.4 Å². The van der Waals surface area contributed by atoms with E-state index in [1.165, 1.54) is 4.68 Å². The van der Waals surface area contributed by atoms with E-state index in [-0.39, 0.29) is 25.5 Å². The number of nitrogens with one attached hydrogen (secondary N) is 1. The number of unbranched alkanes of at least 4 members (excludes halogenated alkanes) is 2. The number of tetrazole rings is 1. The molecule has 1 heterocycles. The summed E-state index contributed by atoms with van der Waals surface area (Å²) >= 11 is 5.81. The Balaban J connectivity index is 1.71. The lowest BCUT2D eigenvalue weighted by atomic mass is 10.2.